The van der Waals surface area contributed by atoms with Gasteiger partial charge >= 0.3 is 0 Å². The number of fused-ring (bicyclic) bond motifs is 1. The van der Waals surface area contributed by atoms with Crippen molar-refractivity contribution in [3.63, 3.8) is 0 Å². The third kappa shape index (κ3) is 2.71. The number of hydrogen-bond donors (Lipinski definition) is 4. The van der Waals surface area contributed by atoms with Crippen LogP contribution in [0.15, 0.2) is 53.5 Å². The molecular formula is C17H22N6. The van der Waals surface area contributed by atoms with E-state index in [1.165, 1.54) is 0 Å². The van der Waals surface area contributed by atoms with E-state index in [4.69, 9.17) is 10.7 Å². The Hall–Kier alpha value is -2.31. The van der Waals surface area contributed by atoms with Gasteiger partial charge in [-0.3, -0.25) is 16.2 Å². The minimum Gasteiger partial charge on any atom is -0.330 e. The highest BCUT2D eigenvalue weighted by atomic mass is 15.6. The van der Waals surface area contributed by atoms with Crippen LogP contribution in [0.3, 0.4) is 0 Å². The number of anilines is 1. The zero-order valence-corrected chi connectivity index (χ0v) is 13.0. The number of benzene rings is 1. The second kappa shape index (κ2) is 5.72. The molecule has 1 saturated heterocycles. The van der Waals surface area contributed by atoms with Gasteiger partial charge in [-0.1, -0.05) is 36.4 Å². The Bertz CT molecular complexity index is 747. The molecule has 1 unspecified atom stereocenters. The average molecular weight is 310 g/mol. The summed E-state index contributed by atoms with van der Waals surface area (Å²) >= 11 is 0. The zero-order valence-electron chi connectivity index (χ0n) is 13.0. The highest BCUT2D eigenvalue weighted by molar-refractivity contribution is 5.49. The van der Waals surface area contributed by atoms with E-state index in [9.17, 15) is 0 Å². The maximum atomic E-state index is 6.54. The first kappa shape index (κ1) is 14.3. The molecule has 2 aliphatic heterocycles. The van der Waals surface area contributed by atoms with E-state index in [1.54, 1.807) is 0 Å². The van der Waals surface area contributed by atoms with Crippen LogP contribution in [0.5, 0.6) is 0 Å². The third-order valence-corrected chi connectivity index (χ3v) is 4.44. The lowest BCUT2D eigenvalue weighted by Gasteiger charge is -2.25. The standard InChI is InChI=1S/C17H22N6/c18-17(13-5-2-1-3-6-13)21-16-8-4-7-15(23(16)22-17)20-14-9-11-19-12-10-14/h1-8,14,19,21-22H,9-12,18H2. The topological polar surface area (TPSA) is 79.4 Å². The highest BCUT2D eigenvalue weighted by Gasteiger charge is 2.34. The Kier molecular flexibility index (Phi) is 3.55. The van der Waals surface area contributed by atoms with E-state index < -0.39 is 5.79 Å². The Morgan fingerprint density at radius 3 is 2.61 bits per heavy atom. The van der Waals surface area contributed by atoms with Crippen molar-refractivity contribution in [2.75, 3.05) is 23.8 Å². The van der Waals surface area contributed by atoms with Crippen molar-refractivity contribution in [3.05, 3.63) is 59.6 Å². The van der Waals surface area contributed by atoms with Gasteiger partial charge in [-0.25, -0.2) is 4.68 Å². The lowest BCUT2D eigenvalue weighted by Crippen LogP contribution is -2.50. The molecule has 23 heavy (non-hydrogen) atoms. The molecule has 2 aromatic rings. The van der Waals surface area contributed by atoms with E-state index in [2.05, 4.69) is 16.1 Å². The quantitative estimate of drug-likeness (QED) is 0.664. The molecule has 0 spiro atoms. The SMILES string of the molecule is NC1(c2ccccc2)Nc2cccc(=NC3CCNCC3)n2N1. The number of pyridine rings is 1. The van der Waals surface area contributed by atoms with E-state index >= 15 is 0 Å². The average Bonchev–Trinajstić information content (AvgIpc) is 2.96. The van der Waals surface area contributed by atoms with Crippen molar-refractivity contribution in [1.29, 1.82) is 0 Å². The first-order chi connectivity index (χ1) is 11.2. The van der Waals surface area contributed by atoms with Gasteiger partial charge in [0.1, 0.15) is 11.3 Å². The van der Waals surface area contributed by atoms with Crippen molar-refractivity contribution in [2.45, 2.75) is 24.7 Å². The minimum absolute atomic E-state index is 0.363. The Morgan fingerprint density at radius 2 is 1.83 bits per heavy atom. The summed E-state index contributed by atoms with van der Waals surface area (Å²) in [5.74, 6) is 0.0973. The summed E-state index contributed by atoms with van der Waals surface area (Å²) in [6, 6.07) is 16.4. The van der Waals surface area contributed by atoms with Crippen molar-refractivity contribution in [2.24, 2.45) is 10.7 Å². The number of nitrogens with one attached hydrogen (secondary N) is 3. The van der Waals surface area contributed by atoms with Gasteiger partial charge in [0.25, 0.3) is 0 Å². The first-order valence-electron chi connectivity index (χ1n) is 8.12. The molecule has 6 nitrogen and oxygen atoms in total. The molecule has 0 amide bonds. The number of nitrogens with two attached hydrogens (primary N) is 1. The van der Waals surface area contributed by atoms with Crippen LogP contribution in [0, 0.1) is 0 Å². The van der Waals surface area contributed by atoms with Gasteiger partial charge in [-0.2, -0.15) is 0 Å². The molecule has 0 bridgehead atoms. The number of rotatable bonds is 2. The molecule has 0 radical (unpaired) electrons. The minimum atomic E-state index is -0.825. The van der Waals surface area contributed by atoms with E-state index in [0.717, 1.165) is 42.8 Å². The molecule has 1 atom stereocenters. The number of hydrogen-bond acceptors (Lipinski definition) is 5. The largest absolute Gasteiger partial charge is 0.330 e. The zero-order chi connectivity index (χ0) is 15.7. The van der Waals surface area contributed by atoms with Gasteiger partial charge in [0.15, 0.2) is 0 Å². The summed E-state index contributed by atoms with van der Waals surface area (Å²) < 4.78 is 1.95. The molecule has 3 heterocycles. The summed E-state index contributed by atoms with van der Waals surface area (Å²) in [6.45, 7) is 2.06. The summed E-state index contributed by atoms with van der Waals surface area (Å²) in [5, 5.41) is 6.73. The van der Waals surface area contributed by atoms with Crippen molar-refractivity contribution in [1.82, 2.24) is 9.99 Å². The predicted octanol–water partition coefficient (Wildman–Crippen LogP) is 0.879. The fourth-order valence-electron chi connectivity index (χ4n) is 3.18. The van der Waals surface area contributed by atoms with Crippen LogP contribution in [0.1, 0.15) is 18.4 Å². The number of aromatic nitrogens is 1. The highest BCUT2D eigenvalue weighted by Crippen LogP contribution is 2.24. The van der Waals surface area contributed by atoms with Gasteiger partial charge in [0.2, 0.25) is 5.79 Å². The first-order valence-corrected chi connectivity index (χ1v) is 8.12. The molecule has 5 N–H and O–H groups in total. The summed E-state index contributed by atoms with van der Waals surface area (Å²) in [7, 11) is 0. The van der Waals surface area contributed by atoms with Crippen LogP contribution >= 0.6 is 0 Å². The van der Waals surface area contributed by atoms with Crippen LogP contribution < -0.4 is 27.3 Å². The molecule has 1 aromatic heterocycles. The van der Waals surface area contributed by atoms with Gasteiger partial charge in [-0.15, -0.1) is 0 Å². The second-order valence-corrected chi connectivity index (χ2v) is 6.13. The normalized spacial score (nSPS) is 24.8. The lowest BCUT2D eigenvalue weighted by molar-refractivity contribution is 0.449. The van der Waals surface area contributed by atoms with Crippen LogP contribution in [0.4, 0.5) is 5.82 Å². The van der Waals surface area contributed by atoms with Crippen molar-refractivity contribution >= 4 is 5.82 Å². The molecular weight excluding hydrogens is 288 g/mol. The number of nitrogens with zero attached hydrogens (tertiary/aromatic N) is 2. The van der Waals surface area contributed by atoms with Crippen LogP contribution in [0.25, 0.3) is 0 Å². The van der Waals surface area contributed by atoms with E-state index in [-0.39, 0.29) is 0 Å². The third-order valence-electron chi connectivity index (χ3n) is 4.44. The van der Waals surface area contributed by atoms with Gasteiger partial charge in [0, 0.05) is 5.56 Å². The van der Waals surface area contributed by atoms with Gasteiger partial charge < -0.3 is 10.6 Å². The molecule has 2 aliphatic rings. The Morgan fingerprint density at radius 1 is 1.04 bits per heavy atom. The van der Waals surface area contributed by atoms with Gasteiger partial charge in [0.05, 0.1) is 6.04 Å². The molecule has 1 aromatic carbocycles. The Labute approximate surface area is 135 Å². The maximum Gasteiger partial charge on any atom is 0.204 e. The molecule has 0 aliphatic carbocycles. The van der Waals surface area contributed by atoms with E-state index in [1.807, 2.05) is 53.2 Å². The molecule has 6 heteroatoms. The fraction of sp³-hybridized carbons (Fsp3) is 0.353. The second-order valence-electron chi connectivity index (χ2n) is 6.13. The summed E-state index contributed by atoms with van der Waals surface area (Å²) in [4.78, 5) is 4.91. The fourth-order valence-corrected chi connectivity index (χ4v) is 3.18. The Balaban J connectivity index is 1.69. The monoisotopic (exact) mass is 310 g/mol. The summed E-state index contributed by atoms with van der Waals surface area (Å²) in [6.07, 6.45) is 2.15. The van der Waals surface area contributed by atoms with Gasteiger partial charge in [-0.05, 0) is 38.1 Å². The molecule has 0 saturated carbocycles. The maximum absolute atomic E-state index is 6.54. The number of piperidine rings is 1. The molecule has 1 fully saturated rings. The lowest BCUT2D eigenvalue weighted by atomic mass is 10.1. The molecule has 120 valence electrons. The smallest absolute Gasteiger partial charge is 0.204 e. The van der Waals surface area contributed by atoms with Crippen molar-refractivity contribution < 1.29 is 0 Å². The van der Waals surface area contributed by atoms with Crippen LogP contribution in [-0.2, 0) is 5.79 Å². The summed E-state index contributed by atoms with van der Waals surface area (Å²) in [5.41, 5.74) is 11.8. The van der Waals surface area contributed by atoms with Crippen molar-refractivity contribution in [3.8, 4) is 0 Å². The van der Waals surface area contributed by atoms with Crippen LogP contribution in [-0.4, -0.2) is 23.8 Å². The van der Waals surface area contributed by atoms with Crippen LogP contribution in [0.2, 0.25) is 0 Å². The molecule has 4 rings (SSSR count). The predicted molar refractivity (Wildman–Crippen MR) is 91.2 cm³/mol. The van der Waals surface area contributed by atoms with E-state index in [0.29, 0.717) is 6.04 Å².